The van der Waals surface area contributed by atoms with E-state index >= 15 is 0 Å². The van der Waals surface area contributed by atoms with E-state index < -0.39 is 0 Å². The Morgan fingerprint density at radius 2 is 1.70 bits per heavy atom. The second kappa shape index (κ2) is 5.92. The molecule has 2 rings (SSSR count). The van der Waals surface area contributed by atoms with Gasteiger partial charge >= 0.3 is 0 Å². The fraction of sp³-hybridized carbons (Fsp3) is 0.0714. The minimum absolute atomic E-state index is 0.281. The first-order valence-electron chi connectivity index (χ1n) is 5.70. The molecule has 0 saturated carbocycles. The number of carbonyl (C=O) groups excluding carboxylic acids is 1. The standard InChI is InChI=1S/C14H11Cl3N2O/c1-7-4-9(18)2-3-10(7)14(20)19-13-11(16)5-8(15)6-12(13)17/h2-6H,18H2,1H3,(H,19,20). The van der Waals surface area contributed by atoms with Crippen LogP contribution in [0.25, 0.3) is 0 Å². The van der Waals surface area contributed by atoms with E-state index in [4.69, 9.17) is 40.5 Å². The largest absolute Gasteiger partial charge is 0.399 e. The van der Waals surface area contributed by atoms with Crippen LogP contribution in [-0.4, -0.2) is 5.91 Å². The van der Waals surface area contributed by atoms with Crippen LogP contribution in [-0.2, 0) is 0 Å². The van der Waals surface area contributed by atoms with Crippen LogP contribution in [0.2, 0.25) is 15.1 Å². The zero-order valence-corrected chi connectivity index (χ0v) is 12.8. The highest BCUT2D eigenvalue weighted by molar-refractivity contribution is 6.42. The van der Waals surface area contributed by atoms with Gasteiger partial charge in [0.2, 0.25) is 0 Å². The van der Waals surface area contributed by atoms with Crippen molar-refractivity contribution in [2.75, 3.05) is 11.1 Å². The molecule has 0 saturated heterocycles. The quantitative estimate of drug-likeness (QED) is 0.778. The molecule has 6 heteroatoms. The molecule has 0 aromatic heterocycles. The molecule has 20 heavy (non-hydrogen) atoms. The molecule has 3 nitrogen and oxygen atoms in total. The number of amides is 1. The van der Waals surface area contributed by atoms with Gasteiger partial charge in [-0.25, -0.2) is 0 Å². The van der Waals surface area contributed by atoms with Crippen LogP contribution in [0.1, 0.15) is 15.9 Å². The Morgan fingerprint density at radius 1 is 1.10 bits per heavy atom. The van der Waals surface area contributed by atoms with Gasteiger partial charge in [0.1, 0.15) is 0 Å². The highest BCUT2D eigenvalue weighted by atomic mass is 35.5. The lowest BCUT2D eigenvalue weighted by atomic mass is 10.1. The van der Waals surface area contributed by atoms with Crippen LogP contribution in [0.3, 0.4) is 0 Å². The Kier molecular flexibility index (Phi) is 4.43. The number of hydrogen-bond donors (Lipinski definition) is 2. The molecule has 2 aromatic carbocycles. The molecule has 0 atom stereocenters. The second-order valence-corrected chi connectivity index (χ2v) is 5.52. The first-order valence-corrected chi connectivity index (χ1v) is 6.84. The molecule has 0 fully saturated rings. The number of rotatable bonds is 2. The van der Waals surface area contributed by atoms with E-state index in [-0.39, 0.29) is 16.0 Å². The maximum Gasteiger partial charge on any atom is 0.256 e. The molecule has 0 unspecified atom stereocenters. The normalized spacial score (nSPS) is 10.4. The van der Waals surface area contributed by atoms with Crippen molar-refractivity contribution in [3.05, 3.63) is 56.5 Å². The van der Waals surface area contributed by atoms with Crippen molar-refractivity contribution in [1.82, 2.24) is 0 Å². The molecule has 3 N–H and O–H groups in total. The zero-order chi connectivity index (χ0) is 14.9. The summed E-state index contributed by atoms with van der Waals surface area (Å²) in [5.74, 6) is -0.311. The van der Waals surface area contributed by atoms with Gasteiger partial charge in [0, 0.05) is 16.3 Å². The molecule has 0 aliphatic rings. The Hall–Kier alpha value is -1.42. The number of nitrogens with two attached hydrogens (primary N) is 1. The molecule has 0 heterocycles. The van der Waals surface area contributed by atoms with Crippen molar-refractivity contribution in [2.24, 2.45) is 0 Å². The number of nitrogen functional groups attached to an aromatic ring is 1. The van der Waals surface area contributed by atoms with Gasteiger partial charge in [-0.1, -0.05) is 34.8 Å². The van der Waals surface area contributed by atoms with E-state index in [1.54, 1.807) is 25.1 Å². The van der Waals surface area contributed by atoms with Crippen LogP contribution in [0.5, 0.6) is 0 Å². The molecular weight excluding hydrogens is 319 g/mol. The predicted molar refractivity (Wildman–Crippen MR) is 85.0 cm³/mol. The molecule has 0 spiro atoms. The van der Waals surface area contributed by atoms with Crippen molar-refractivity contribution >= 4 is 52.1 Å². The van der Waals surface area contributed by atoms with Crippen molar-refractivity contribution in [3.8, 4) is 0 Å². The summed E-state index contributed by atoms with van der Waals surface area (Å²) in [6, 6.07) is 8.06. The summed E-state index contributed by atoms with van der Waals surface area (Å²) < 4.78 is 0. The van der Waals surface area contributed by atoms with Crippen LogP contribution < -0.4 is 11.1 Å². The number of anilines is 2. The maximum absolute atomic E-state index is 12.2. The summed E-state index contributed by atoms with van der Waals surface area (Å²) in [4.78, 5) is 12.2. The first kappa shape index (κ1) is 15.0. The number of carbonyl (C=O) groups is 1. The highest BCUT2D eigenvalue weighted by Gasteiger charge is 2.14. The fourth-order valence-corrected chi connectivity index (χ4v) is 2.70. The van der Waals surface area contributed by atoms with Crippen LogP contribution in [0.15, 0.2) is 30.3 Å². The number of halogens is 3. The van der Waals surface area contributed by atoms with Gasteiger partial charge in [-0.05, 0) is 42.8 Å². The zero-order valence-electron chi connectivity index (χ0n) is 10.5. The number of aryl methyl sites for hydroxylation is 1. The molecule has 104 valence electrons. The van der Waals surface area contributed by atoms with E-state index in [0.29, 0.717) is 22.0 Å². The lowest BCUT2D eigenvalue weighted by Gasteiger charge is -2.11. The Labute approximate surface area is 131 Å². The Morgan fingerprint density at radius 3 is 2.25 bits per heavy atom. The van der Waals surface area contributed by atoms with E-state index in [2.05, 4.69) is 5.32 Å². The molecule has 0 bridgehead atoms. The summed E-state index contributed by atoms with van der Waals surface area (Å²) in [5.41, 5.74) is 7.86. The first-order chi connectivity index (χ1) is 9.38. The van der Waals surface area contributed by atoms with Gasteiger partial charge < -0.3 is 11.1 Å². The van der Waals surface area contributed by atoms with Gasteiger partial charge in [-0.15, -0.1) is 0 Å². The van der Waals surface area contributed by atoms with Crippen molar-refractivity contribution in [2.45, 2.75) is 6.92 Å². The molecule has 0 aliphatic heterocycles. The van der Waals surface area contributed by atoms with Gasteiger partial charge in [0.25, 0.3) is 5.91 Å². The number of nitrogens with one attached hydrogen (secondary N) is 1. The van der Waals surface area contributed by atoms with E-state index in [9.17, 15) is 4.79 Å². The fourth-order valence-electron chi connectivity index (χ4n) is 1.78. The Bertz CT molecular complexity index is 663. The summed E-state index contributed by atoms with van der Waals surface area (Å²) >= 11 is 17.9. The minimum atomic E-state index is -0.311. The third-order valence-electron chi connectivity index (χ3n) is 2.74. The van der Waals surface area contributed by atoms with Gasteiger partial charge in [0.05, 0.1) is 15.7 Å². The summed E-state index contributed by atoms with van der Waals surface area (Å²) in [6.07, 6.45) is 0. The SMILES string of the molecule is Cc1cc(N)ccc1C(=O)Nc1c(Cl)cc(Cl)cc1Cl. The van der Waals surface area contributed by atoms with Crippen molar-refractivity contribution < 1.29 is 4.79 Å². The summed E-state index contributed by atoms with van der Waals surface area (Å²) in [6.45, 7) is 1.80. The molecule has 0 aliphatic carbocycles. The average Bonchev–Trinajstić information content (AvgIpc) is 2.33. The molecular formula is C14H11Cl3N2O. The van der Waals surface area contributed by atoms with Crippen molar-refractivity contribution in [1.29, 1.82) is 0 Å². The molecule has 1 amide bonds. The second-order valence-electron chi connectivity index (χ2n) is 4.27. The summed E-state index contributed by atoms with van der Waals surface area (Å²) in [5, 5.41) is 3.65. The summed E-state index contributed by atoms with van der Waals surface area (Å²) in [7, 11) is 0. The van der Waals surface area contributed by atoms with E-state index in [1.165, 1.54) is 12.1 Å². The van der Waals surface area contributed by atoms with Gasteiger partial charge in [-0.2, -0.15) is 0 Å². The monoisotopic (exact) mass is 328 g/mol. The average molecular weight is 330 g/mol. The maximum atomic E-state index is 12.2. The highest BCUT2D eigenvalue weighted by Crippen LogP contribution is 2.34. The van der Waals surface area contributed by atoms with E-state index in [1.807, 2.05) is 0 Å². The third kappa shape index (κ3) is 3.18. The van der Waals surface area contributed by atoms with Crippen LogP contribution in [0, 0.1) is 6.92 Å². The van der Waals surface area contributed by atoms with Crippen molar-refractivity contribution in [3.63, 3.8) is 0 Å². The topological polar surface area (TPSA) is 55.1 Å². The number of benzene rings is 2. The number of hydrogen-bond acceptors (Lipinski definition) is 2. The van der Waals surface area contributed by atoms with E-state index in [0.717, 1.165) is 5.56 Å². The lowest BCUT2D eigenvalue weighted by molar-refractivity contribution is 0.102. The molecule has 2 aromatic rings. The lowest BCUT2D eigenvalue weighted by Crippen LogP contribution is -2.14. The van der Waals surface area contributed by atoms with Gasteiger partial charge in [0.15, 0.2) is 0 Å². The predicted octanol–water partition coefficient (Wildman–Crippen LogP) is 4.79. The smallest absolute Gasteiger partial charge is 0.256 e. The van der Waals surface area contributed by atoms with Crippen LogP contribution >= 0.6 is 34.8 Å². The minimum Gasteiger partial charge on any atom is -0.399 e. The van der Waals surface area contributed by atoms with Crippen LogP contribution in [0.4, 0.5) is 11.4 Å². The molecule has 0 radical (unpaired) electrons. The van der Waals surface area contributed by atoms with Gasteiger partial charge in [-0.3, -0.25) is 4.79 Å². The Balaban J connectivity index is 2.33. The third-order valence-corrected chi connectivity index (χ3v) is 3.55.